The Morgan fingerprint density at radius 2 is 1.88 bits per heavy atom. The van der Waals surface area contributed by atoms with Crippen LogP contribution in [0.2, 0.25) is 0 Å². The Bertz CT molecular complexity index is 980. The number of nitrogens with zero attached hydrogens (tertiary/aromatic N) is 2. The van der Waals surface area contributed by atoms with Crippen LogP contribution in [0.15, 0.2) is 35.1 Å². The van der Waals surface area contributed by atoms with Crippen molar-refractivity contribution in [2.24, 2.45) is 0 Å². The van der Waals surface area contributed by atoms with E-state index in [1.54, 1.807) is 10.6 Å². The Labute approximate surface area is 144 Å². The lowest BCUT2D eigenvalue weighted by molar-refractivity contribution is 0.0729. The van der Waals surface area contributed by atoms with Gasteiger partial charge in [-0.1, -0.05) is 18.2 Å². The molecule has 0 saturated carbocycles. The average Bonchev–Trinajstić information content (AvgIpc) is 3.08. The summed E-state index contributed by atoms with van der Waals surface area (Å²) in [6.07, 6.45) is 3.34. The lowest BCUT2D eigenvalue weighted by atomic mass is 10.1. The predicted molar refractivity (Wildman–Crippen MR) is 99.0 cm³/mol. The van der Waals surface area contributed by atoms with E-state index in [0.717, 1.165) is 41.5 Å². The van der Waals surface area contributed by atoms with Crippen molar-refractivity contribution in [3.05, 3.63) is 45.6 Å². The lowest BCUT2D eigenvalue weighted by Crippen LogP contribution is -2.35. The molecule has 0 bridgehead atoms. The van der Waals surface area contributed by atoms with E-state index >= 15 is 0 Å². The minimum atomic E-state index is 0.000133. The molecule has 1 fully saturated rings. The van der Waals surface area contributed by atoms with E-state index in [0.29, 0.717) is 16.8 Å². The third-order valence-corrected chi connectivity index (χ3v) is 5.97. The van der Waals surface area contributed by atoms with Gasteiger partial charge in [0, 0.05) is 29.7 Å². The number of carbonyl (C=O) groups excluding carboxylic acids is 1. The summed E-state index contributed by atoms with van der Waals surface area (Å²) in [5, 5.41) is 1.72. The van der Waals surface area contributed by atoms with Gasteiger partial charge >= 0.3 is 0 Å². The Balaban J connectivity index is 1.91. The molecule has 0 radical (unpaired) electrons. The summed E-state index contributed by atoms with van der Waals surface area (Å²) in [5.74, 6) is 0.0717. The summed E-state index contributed by atoms with van der Waals surface area (Å²) in [4.78, 5) is 28.2. The van der Waals surface area contributed by atoms with Gasteiger partial charge in [0.2, 0.25) is 0 Å². The van der Waals surface area contributed by atoms with Crippen LogP contribution in [0, 0.1) is 0 Å². The van der Waals surface area contributed by atoms with Crippen LogP contribution in [0.3, 0.4) is 0 Å². The molecule has 3 heterocycles. The second-order valence-electron chi connectivity index (χ2n) is 6.27. The number of hydrogen-bond donors (Lipinski definition) is 0. The van der Waals surface area contributed by atoms with Crippen LogP contribution in [0.1, 0.15) is 35.9 Å². The molecular formula is C19H20N2O2S. The molecule has 4 nitrogen and oxygen atoms in total. The first-order valence-corrected chi connectivity index (χ1v) is 9.36. The minimum Gasteiger partial charge on any atom is -0.338 e. The molecule has 5 heteroatoms. The van der Waals surface area contributed by atoms with Gasteiger partial charge in [-0.15, -0.1) is 11.3 Å². The van der Waals surface area contributed by atoms with Gasteiger partial charge in [0.25, 0.3) is 11.5 Å². The quantitative estimate of drug-likeness (QED) is 0.711. The molecule has 3 aromatic rings. The molecule has 1 saturated heterocycles. The second kappa shape index (κ2) is 6.06. The van der Waals surface area contributed by atoms with E-state index in [1.807, 2.05) is 36.1 Å². The van der Waals surface area contributed by atoms with Gasteiger partial charge in [-0.25, -0.2) is 0 Å². The van der Waals surface area contributed by atoms with E-state index in [2.05, 4.69) is 0 Å². The molecule has 1 aliphatic rings. The molecule has 0 atom stereocenters. The molecule has 1 amide bonds. The molecule has 0 N–H and O–H groups in total. The zero-order valence-electron chi connectivity index (χ0n) is 13.7. The first kappa shape index (κ1) is 15.4. The second-order valence-corrected chi connectivity index (χ2v) is 7.33. The SMILES string of the molecule is CCn1c(=O)c2cc(C(=O)N3CCCCC3)sc2c2ccccc21. The molecule has 2 aromatic heterocycles. The maximum Gasteiger partial charge on any atom is 0.263 e. The van der Waals surface area contributed by atoms with E-state index in [1.165, 1.54) is 17.8 Å². The van der Waals surface area contributed by atoms with Gasteiger partial charge < -0.3 is 9.47 Å². The van der Waals surface area contributed by atoms with Crippen molar-refractivity contribution in [2.45, 2.75) is 32.7 Å². The first-order chi connectivity index (χ1) is 11.7. The van der Waals surface area contributed by atoms with Crippen LogP contribution in [-0.4, -0.2) is 28.5 Å². The number of piperidine rings is 1. The topological polar surface area (TPSA) is 42.3 Å². The van der Waals surface area contributed by atoms with Crippen molar-refractivity contribution in [3.8, 4) is 0 Å². The normalized spacial score (nSPS) is 15.3. The number of aryl methyl sites for hydroxylation is 1. The van der Waals surface area contributed by atoms with Crippen LogP contribution < -0.4 is 5.56 Å². The van der Waals surface area contributed by atoms with Gasteiger partial charge in [0.15, 0.2) is 0 Å². The fourth-order valence-electron chi connectivity index (χ4n) is 3.58. The van der Waals surface area contributed by atoms with Crippen LogP contribution in [0.25, 0.3) is 21.0 Å². The van der Waals surface area contributed by atoms with Gasteiger partial charge in [-0.3, -0.25) is 9.59 Å². The summed E-state index contributed by atoms with van der Waals surface area (Å²) in [7, 11) is 0. The predicted octanol–water partition coefficient (Wildman–Crippen LogP) is 3.86. The summed E-state index contributed by atoms with van der Waals surface area (Å²) in [6, 6.07) is 9.75. The summed E-state index contributed by atoms with van der Waals surface area (Å²) in [6.45, 7) is 4.26. The number of carbonyl (C=O) groups is 1. The highest BCUT2D eigenvalue weighted by Crippen LogP contribution is 2.31. The maximum atomic E-state index is 12.8. The zero-order valence-corrected chi connectivity index (χ0v) is 14.6. The van der Waals surface area contributed by atoms with Crippen molar-refractivity contribution in [3.63, 3.8) is 0 Å². The molecule has 124 valence electrons. The summed E-state index contributed by atoms with van der Waals surface area (Å²) < 4.78 is 2.72. The van der Waals surface area contributed by atoms with Crippen molar-refractivity contribution >= 4 is 38.2 Å². The number of thiophene rings is 1. The van der Waals surface area contributed by atoms with E-state index in [9.17, 15) is 9.59 Å². The van der Waals surface area contributed by atoms with Gasteiger partial charge in [-0.2, -0.15) is 0 Å². The van der Waals surface area contributed by atoms with Crippen molar-refractivity contribution in [1.29, 1.82) is 0 Å². The summed E-state index contributed by atoms with van der Waals surface area (Å²) >= 11 is 1.46. The summed E-state index contributed by atoms with van der Waals surface area (Å²) in [5.41, 5.74) is 0.941. The number of pyridine rings is 1. The molecule has 4 rings (SSSR count). The van der Waals surface area contributed by atoms with Gasteiger partial charge in [-0.05, 0) is 38.3 Å². The average molecular weight is 340 g/mol. The molecule has 0 unspecified atom stereocenters. The Morgan fingerprint density at radius 1 is 1.12 bits per heavy atom. The minimum absolute atomic E-state index is 0.000133. The standard InChI is InChI=1S/C19H20N2O2S/c1-2-21-15-9-5-4-8-13(15)17-14(18(21)22)12-16(24-17)19(23)20-10-6-3-7-11-20/h4-5,8-9,12H,2-3,6-7,10-11H2,1H3. The fourth-order valence-corrected chi connectivity index (χ4v) is 4.73. The maximum absolute atomic E-state index is 12.8. The fraction of sp³-hybridized carbons (Fsp3) is 0.368. The highest BCUT2D eigenvalue weighted by atomic mass is 32.1. The molecule has 0 aliphatic carbocycles. The molecule has 1 aliphatic heterocycles. The monoisotopic (exact) mass is 340 g/mol. The van der Waals surface area contributed by atoms with Gasteiger partial charge in [0.1, 0.15) is 0 Å². The van der Waals surface area contributed by atoms with Crippen molar-refractivity contribution < 1.29 is 4.79 Å². The first-order valence-electron chi connectivity index (χ1n) is 8.55. The number of para-hydroxylation sites is 1. The molecule has 1 aromatic carbocycles. The molecule has 0 spiro atoms. The highest BCUT2D eigenvalue weighted by molar-refractivity contribution is 7.21. The Kier molecular flexibility index (Phi) is 3.88. The van der Waals surface area contributed by atoms with E-state index in [-0.39, 0.29) is 11.5 Å². The highest BCUT2D eigenvalue weighted by Gasteiger charge is 2.22. The number of likely N-dealkylation sites (tertiary alicyclic amines) is 1. The van der Waals surface area contributed by atoms with E-state index < -0.39 is 0 Å². The third kappa shape index (κ3) is 2.35. The Hall–Kier alpha value is -2.14. The van der Waals surface area contributed by atoms with Crippen molar-refractivity contribution in [1.82, 2.24) is 9.47 Å². The van der Waals surface area contributed by atoms with Crippen LogP contribution in [-0.2, 0) is 6.54 Å². The van der Waals surface area contributed by atoms with Crippen LogP contribution in [0.5, 0.6) is 0 Å². The lowest BCUT2D eigenvalue weighted by Gasteiger charge is -2.26. The molecular weight excluding hydrogens is 320 g/mol. The van der Waals surface area contributed by atoms with Crippen LogP contribution >= 0.6 is 11.3 Å². The largest absolute Gasteiger partial charge is 0.338 e. The smallest absolute Gasteiger partial charge is 0.263 e. The number of aromatic nitrogens is 1. The Morgan fingerprint density at radius 3 is 2.62 bits per heavy atom. The number of amides is 1. The third-order valence-electron chi connectivity index (χ3n) is 4.82. The number of hydrogen-bond acceptors (Lipinski definition) is 3. The zero-order chi connectivity index (χ0) is 16.7. The molecule has 24 heavy (non-hydrogen) atoms. The van der Waals surface area contributed by atoms with Crippen LogP contribution in [0.4, 0.5) is 0 Å². The number of benzene rings is 1. The van der Waals surface area contributed by atoms with Gasteiger partial charge in [0.05, 0.1) is 15.8 Å². The van der Waals surface area contributed by atoms with Crippen molar-refractivity contribution in [2.75, 3.05) is 13.1 Å². The number of fused-ring (bicyclic) bond motifs is 3. The van der Waals surface area contributed by atoms with E-state index in [4.69, 9.17) is 0 Å². The number of rotatable bonds is 2.